The van der Waals surface area contributed by atoms with E-state index in [-0.39, 0.29) is 23.2 Å². The fourth-order valence-electron chi connectivity index (χ4n) is 4.08. The molecule has 32 heavy (non-hydrogen) atoms. The molecule has 0 bridgehead atoms. The number of carbonyl (C=O) groups excluding carboxylic acids is 1. The molecule has 0 aliphatic carbocycles. The van der Waals surface area contributed by atoms with Crippen molar-refractivity contribution in [3.05, 3.63) is 93.9 Å². The molecule has 166 valence electrons. The minimum absolute atomic E-state index is 0.0479. The van der Waals surface area contributed by atoms with E-state index in [1.54, 1.807) is 7.11 Å². The molecule has 1 aliphatic heterocycles. The van der Waals surface area contributed by atoms with E-state index < -0.39 is 0 Å². The Hall–Kier alpha value is -3.45. The second kappa shape index (κ2) is 10.2. The third-order valence-corrected chi connectivity index (χ3v) is 5.79. The summed E-state index contributed by atoms with van der Waals surface area (Å²) in [6.07, 6.45) is 2.31. The van der Waals surface area contributed by atoms with Crippen LogP contribution in [0.1, 0.15) is 40.5 Å². The summed E-state index contributed by atoms with van der Waals surface area (Å²) in [7, 11) is 1.65. The van der Waals surface area contributed by atoms with E-state index in [4.69, 9.17) is 4.74 Å². The molecule has 1 aliphatic rings. The van der Waals surface area contributed by atoms with Gasteiger partial charge >= 0.3 is 0 Å². The summed E-state index contributed by atoms with van der Waals surface area (Å²) in [4.78, 5) is 27.5. The minimum Gasteiger partial charge on any atom is -0.497 e. The molecule has 1 atom stereocenters. The molecule has 2 heterocycles. The highest BCUT2D eigenvalue weighted by atomic mass is 16.5. The minimum atomic E-state index is -0.293. The highest BCUT2D eigenvalue weighted by Gasteiger charge is 2.25. The SMILES string of the molecule is COc1cccc(C(CNC(=O)c2ccc(=O)n(Cc3ccccc3)n2)N2CCCC2)c1. The number of hydrogen-bond donors (Lipinski definition) is 1. The van der Waals surface area contributed by atoms with Crippen molar-refractivity contribution in [2.75, 3.05) is 26.7 Å². The zero-order valence-corrected chi connectivity index (χ0v) is 18.2. The molecule has 2 aromatic carbocycles. The summed E-state index contributed by atoms with van der Waals surface area (Å²) in [6, 6.07) is 20.5. The molecule has 1 aromatic heterocycles. The van der Waals surface area contributed by atoms with Crippen molar-refractivity contribution in [1.82, 2.24) is 20.0 Å². The van der Waals surface area contributed by atoms with Gasteiger partial charge in [0.05, 0.1) is 19.7 Å². The Morgan fingerprint density at radius 2 is 1.84 bits per heavy atom. The zero-order chi connectivity index (χ0) is 22.3. The van der Waals surface area contributed by atoms with E-state index in [9.17, 15) is 9.59 Å². The van der Waals surface area contributed by atoms with Crippen LogP contribution in [0.2, 0.25) is 0 Å². The Labute approximate surface area is 187 Å². The molecular weight excluding hydrogens is 404 g/mol. The van der Waals surface area contributed by atoms with Crippen LogP contribution in [0.15, 0.2) is 71.5 Å². The Kier molecular flexibility index (Phi) is 6.97. The van der Waals surface area contributed by atoms with Gasteiger partial charge in [-0.15, -0.1) is 0 Å². The second-order valence-electron chi connectivity index (χ2n) is 7.95. The van der Waals surface area contributed by atoms with Crippen LogP contribution >= 0.6 is 0 Å². The van der Waals surface area contributed by atoms with Crippen LogP contribution in [0.5, 0.6) is 5.75 Å². The molecule has 3 aromatic rings. The fourth-order valence-corrected chi connectivity index (χ4v) is 4.08. The second-order valence-corrected chi connectivity index (χ2v) is 7.95. The summed E-state index contributed by atoms with van der Waals surface area (Å²) in [5.74, 6) is 0.506. The van der Waals surface area contributed by atoms with Crippen molar-refractivity contribution in [2.24, 2.45) is 0 Å². The first-order valence-corrected chi connectivity index (χ1v) is 10.9. The van der Waals surface area contributed by atoms with E-state index in [2.05, 4.69) is 21.4 Å². The summed E-state index contributed by atoms with van der Waals surface area (Å²) >= 11 is 0. The lowest BCUT2D eigenvalue weighted by Gasteiger charge is -2.28. The number of amides is 1. The first-order valence-electron chi connectivity index (χ1n) is 10.9. The Balaban J connectivity index is 1.49. The normalized spacial score (nSPS) is 14.8. The molecule has 4 rings (SSSR count). The van der Waals surface area contributed by atoms with Gasteiger partial charge in [-0.05, 0) is 55.3 Å². The van der Waals surface area contributed by atoms with Crippen LogP contribution in [0, 0.1) is 0 Å². The van der Waals surface area contributed by atoms with Gasteiger partial charge in [-0.2, -0.15) is 5.10 Å². The number of nitrogens with one attached hydrogen (secondary N) is 1. The molecule has 7 heteroatoms. The Morgan fingerprint density at radius 3 is 2.59 bits per heavy atom. The van der Waals surface area contributed by atoms with E-state index in [1.165, 1.54) is 16.8 Å². The molecule has 1 N–H and O–H groups in total. The molecule has 7 nitrogen and oxygen atoms in total. The highest BCUT2D eigenvalue weighted by Crippen LogP contribution is 2.27. The van der Waals surface area contributed by atoms with Crippen LogP contribution in [-0.4, -0.2) is 47.3 Å². The van der Waals surface area contributed by atoms with Crippen molar-refractivity contribution >= 4 is 5.91 Å². The maximum absolute atomic E-state index is 12.9. The lowest BCUT2D eigenvalue weighted by atomic mass is 10.0. The number of rotatable bonds is 8. The molecule has 0 saturated carbocycles. The first-order chi connectivity index (χ1) is 15.6. The largest absolute Gasteiger partial charge is 0.497 e. The van der Waals surface area contributed by atoms with Gasteiger partial charge in [0.25, 0.3) is 11.5 Å². The standard InChI is InChI=1S/C25H28N4O3/c1-32-21-11-7-10-20(16-21)23(28-14-5-6-15-28)17-26-25(31)22-12-13-24(30)29(27-22)18-19-8-3-2-4-9-19/h2-4,7-13,16,23H,5-6,14-15,17-18H2,1H3,(H,26,31). The predicted molar refractivity (Wildman–Crippen MR) is 123 cm³/mol. The lowest BCUT2D eigenvalue weighted by Crippen LogP contribution is -2.37. The third kappa shape index (κ3) is 5.23. The van der Waals surface area contributed by atoms with Crippen LogP contribution in [0.3, 0.4) is 0 Å². The van der Waals surface area contributed by atoms with Gasteiger partial charge in [-0.1, -0.05) is 42.5 Å². The van der Waals surface area contributed by atoms with Crippen LogP contribution < -0.4 is 15.6 Å². The topological polar surface area (TPSA) is 76.5 Å². The van der Waals surface area contributed by atoms with Crippen LogP contribution in [-0.2, 0) is 6.54 Å². The van der Waals surface area contributed by atoms with E-state index in [1.807, 2.05) is 48.5 Å². The Morgan fingerprint density at radius 1 is 1.06 bits per heavy atom. The fraction of sp³-hybridized carbons (Fsp3) is 0.320. The van der Waals surface area contributed by atoms with Crippen molar-refractivity contribution in [3.63, 3.8) is 0 Å². The lowest BCUT2D eigenvalue weighted by molar-refractivity contribution is 0.0930. The van der Waals surface area contributed by atoms with Crippen molar-refractivity contribution in [1.29, 1.82) is 0 Å². The number of benzene rings is 2. The average molecular weight is 433 g/mol. The summed E-state index contributed by atoms with van der Waals surface area (Å²) < 4.78 is 6.71. The molecule has 0 radical (unpaired) electrons. The van der Waals surface area contributed by atoms with E-state index in [0.29, 0.717) is 13.1 Å². The van der Waals surface area contributed by atoms with Gasteiger partial charge < -0.3 is 10.1 Å². The van der Waals surface area contributed by atoms with Gasteiger partial charge in [0.15, 0.2) is 0 Å². The average Bonchev–Trinajstić information content (AvgIpc) is 3.36. The summed E-state index contributed by atoms with van der Waals surface area (Å²) in [6.45, 7) is 2.77. The summed E-state index contributed by atoms with van der Waals surface area (Å²) in [5, 5.41) is 7.32. The van der Waals surface area contributed by atoms with E-state index in [0.717, 1.165) is 42.8 Å². The highest BCUT2D eigenvalue weighted by molar-refractivity contribution is 5.92. The van der Waals surface area contributed by atoms with Gasteiger partial charge in [-0.25, -0.2) is 4.68 Å². The van der Waals surface area contributed by atoms with Crippen molar-refractivity contribution < 1.29 is 9.53 Å². The Bertz CT molecular complexity index is 1110. The number of carbonyl (C=O) groups is 1. The predicted octanol–water partition coefficient (Wildman–Crippen LogP) is 2.87. The van der Waals surface area contributed by atoms with E-state index >= 15 is 0 Å². The molecule has 0 spiro atoms. The van der Waals surface area contributed by atoms with Gasteiger partial charge in [0.2, 0.25) is 0 Å². The maximum atomic E-state index is 12.9. The van der Waals surface area contributed by atoms with Crippen molar-refractivity contribution in [3.8, 4) is 5.75 Å². The molecule has 1 amide bonds. The molecule has 1 fully saturated rings. The number of methoxy groups -OCH3 is 1. The molecule has 1 saturated heterocycles. The number of ether oxygens (including phenoxy) is 1. The van der Waals surface area contributed by atoms with Gasteiger partial charge in [-0.3, -0.25) is 14.5 Å². The number of aromatic nitrogens is 2. The monoisotopic (exact) mass is 432 g/mol. The number of likely N-dealkylation sites (tertiary alicyclic amines) is 1. The van der Waals surface area contributed by atoms with Crippen LogP contribution in [0.4, 0.5) is 0 Å². The van der Waals surface area contributed by atoms with Crippen molar-refractivity contribution in [2.45, 2.75) is 25.4 Å². The molecular formula is C25H28N4O3. The van der Waals surface area contributed by atoms with Gasteiger partial charge in [0.1, 0.15) is 11.4 Å². The molecule has 1 unspecified atom stereocenters. The number of nitrogens with zero attached hydrogens (tertiary/aromatic N) is 3. The summed E-state index contributed by atoms with van der Waals surface area (Å²) in [5.41, 5.74) is 2.04. The van der Waals surface area contributed by atoms with Gasteiger partial charge in [0, 0.05) is 12.6 Å². The van der Waals surface area contributed by atoms with Crippen LogP contribution in [0.25, 0.3) is 0 Å². The third-order valence-electron chi connectivity index (χ3n) is 5.79. The smallest absolute Gasteiger partial charge is 0.271 e. The quantitative estimate of drug-likeness (QED) is 0.592. The number of hydrogen-bond acceptors (Lipinski definition) is 5. The zero-order valence-electron chi connectivity index (χ0n) is 18.2. The first kappa shape index (κ1) is 21.8. The maximum Gasteiger partial charge on any atom is 0.271 e.